The molecule has 7 heteroatoms. The lowest BCUT2D eigenvalue weighted by Gasteiger charge is -2.26. The van der Waals surface area contributed by atoms with Crippen molar-refractivity contribution in [2.24, 2.45) is 0 Å². The number of anilines is 1. The summed E-state index contributed by atoms with van der Waals surface area (Å²) in [6, 6.07) is 19.0. The molecule has 4 rings (SSSR count). The fraction of sp³-hybridized carbons (Fsp3) is 0.115. The molecular formula is C26H21FN2O4. The zero-order chi connectivity index (χ0) is 23.4. The Hall–Kier alpha value is -4.26. The molecule has 1 aliphatic rings. The first-order valence-corrected chi connectivity index (χ1v) is 10.4. The second kappa shape index (κ2) is 9.48. The van der Waals surface area contributed by atoms with E-state index in [-0.39, 0.29) is 18.0 Å². The van der Waals surface area contributed by atoms with Crippen LogP contribution in [0.1, 0.15) is 23.6 Å². The van der Waals surface area contributed by atoms with E-state index in [9.17, 15) is 18.8 Å². The summed E-state index contributed by atoms with van der Waals surface area (Å²) in [5.41, 5.74) is 2.50. The zero-order valence-corrected chi connectivity index (χ0v) is 17.9. The highest BCUT2D eigenvalue weighted by Gasteiger charge is 2.36. The summed E-state index contributed by atoms with van der Waals surface area (Å²) in [6.45, 7) is 2.18. The summed E-state index contributed by atoms with van der Waals surface area (Å²) < 4.78 is 19.0. The van der Waals surface area contributed by atoms with Gasteiger partial charge in [-0.15, -0.1) is 0 Å². The minimum Gasteiger partial charge on any atom is -0.488 e. The molecule has 3 aromatic rings. The fourth-order valence-electron chi connectivity index (χ4n) is 3.40. The third kappa shape index (κ3) is 4.82. The van der Waals surface area contributed by atoms with Gasteiger partial charge in [0.25, 0.3) is 11.8 Å². The summed E-state index contributed by atoms with van der Waals surface area (Å²) in [6.07, 6.45) is 2.22. The van der Waals surface area contributed by atoms with E-state index in [0.717, 1.165) is 22.4 Å². The number of carbonyl (C=O) groups is 3. The summed E-state index contributed by atoms with van der Waals surface area (Å²) in [5, 5.41) is 2.22. The third-order valence-corrected chi connectivity index (χ3v) is 5.23. The van der Waals surface area contributed by atoms with Gasteiger partial charge in [-0.3, -0.25) is 14.9 Å². The minimum atomic E-state index is -0.799. The molecular weight excluding hydrogens is 423 g/mol. The Labute approximate surface area is 190 Å². The van der Waals surface area contributed by atoms with Crippen LogP contribution in [0.2, 0.25) is 0 Å². The average Bonchev–Trinajstić information content (AvgIpc) is 2.82. The van der Waals surface area contributed by atoms with Crippen LogP contribution in [0.25, 0.3) is 6.08 Å². The highest BCUT2D eigenvalue weighted by molar-refractivity contribution is 6.39. The normalized spacial score (nSPS) is 15.0. The van der Waals surface area contributed by atoms with Crippen molar-refractivity contribution >= 4 is 29.6 Å². The fourth-order valence-corrected chi connectivity index (χ4v) is 3.40. The number of nitrogens with zero attached hydrogens (tertiary/aromatic N) is 1. The molecule has 0 spiro atoms. The number of rotatable bonds is 6. The molecule has 166 valence electrons. The number of halogens is 1. The number of imide groups is 2. The number of ether oxygens (including phenoxy) is 1. The van der Waals surface area contributed by atoms with E-state index in [1.807, 2.05) is 19.1 Å². The van der Waals surface area contributed by atoms with Crippen molar-refractivity contribution in [2.45, 2.75) is 20.0 Å². The molecule has 0 atom stereocenters. The van der Waals surface area contributed by atoms with Crippen LogP contribution in [0.3, 0.4) is 0 Å². The number of para-hydroxylation sites is 1. The van der Waals surface area contributed by atoms with Crippen molar-refractivity contribution in [3.8, 4) is 5.75 Å². The maximum absolute atomic E-state index is 13.1. The lowest BCUT2D eigenvalue weighted by Crippen LogP contribution is -2.54. The Kier molecular flexibility index (Phi) is 6.31. The maximum atomic E-state index is 13.1. The minimum absolute atomic E-state index is 0.176. The van der Waals surface area contributed by atoms with Crippen molar-refractivity contribution in [1.29, 1.82) is 0 Å². The Balaban J connectivity index is 1.62. The number of nitrogens with one attached hydrogen (secondary N) is 1. The number of barbiturate groups is 1. The summed E-state index contributed by atoms with van der Waals surface area (Å²) >= 11 is 0. The average molecular weight is 444 g/mol. The molecule has 6 nitrogen and oxygen atoms in total. The molecule has 0 aromatic heterocycles. The standard InChI is InChI=1S/C26H21FN2O4/c1-2-17-9-13-21(14-10-17)29-25(31)22(24(30)28-26(29)32)15-19-5-3-4-6-23(19)33-16-18-7-11-20(27)12-8-18/h3-15H,2,16H2,1H3,(H,28,30,32)/b22-15-. The zero-order valence-electron chi connectivity index (χ0n) is 17.9. The van der Waals surface area contributed by atoms with Gasteiger partial charge in [0, 0.05) is 5.56 Å². The number of aryl methyl sites for hydroxylation is 1. The number of urea groups is 1. The van der Waals surface area contributed by atoms with Crippen LogP contribution in [-0.2, 0) is 22.6 Å². The maximum Gasteiger partial charge on any atom is 0.335 e. The van der Waals surface area contributed by atoms with E-state index in [1.54, 1.807) is 48.5 Å². The van der Waals surface area contributed by atoms with Gasteiger partial charge in [-0.2, -0.15) is 0 Å². The van der Waals surface area contributed by atoms with Gasteiger partial charge < -0.3 is 4.74 Å². The molecule has 1 heterocycles. The van der Waals surface area contributed by atoms with Gasteiger partial charge in [-0.1, -0.05) is 49.4 Å². The molecule has 0 bridgehead atoms. The molecule has 1 N–H and O–H groups in total. The topological polar surface area (TPSA) is 75.7 Å². The quantitative estimate of drug-likeness (QED) is 0.444. The first kappa shape index (κ1) is 22.0. The van der Waals surface area contributed by atoms with Crippen LogP contribution < -0.4 is 15.0 Å². The van der Waals surface area contributed by atoms with Gasteiger partial charge in [0.2, 0.25) is 0 Å². The third-order valence-electron chi connectivity index (χ3n) is 5.23. The highest BCUT2D eigenvalue weighted by atomic mass is 19.1. The molecule has 1 fully saturated rings. The number of hydrogen-bond acceptors (Lipinski definition) is 4. The molecule has 33 heavy (non-hydrogen) atoms. The Bertz CT molecular complexity index is 1230. The molecule has 4 amide bonds. The van der Waals surface area contributed by atoms with E-state index in [0.29, 0.717) is 17.0 Å². The molecule has 3 aromatic carbocycles. The molecule has 0 unspecified atom stereocenters. The number of benzene rings is 3. The van der Waals surface area contributed by atoms with Crippen LogP contribution in [-0.4, -0.2) is 17.8 Å². The van der Waals surface area contributed by atoms with Gasteiger partial charge in [0.15, 0.2) is 0 Å². The lowest BCUT2D eigenvalue weighted by atomic mass is 10.1. The van der Waals surface area contributed by atoms with E-state index in [2.05, 4.69) is 5.32 Å². The number of hydrogen-bond donors (Lipinski definition) is 1. The second-order valence-corrected chi connectivity index (χ2v) is 7.43. The van der Waals surface area contributed by atoms with Crippen LogP contribution in [0, 0.1) is 5.82 Å². The smallest absolute Gasteiger partial charge is 0.335 e. The highest BCUT2D eigenvalue weighted by Crippen LogP contribution is 2.26. The van der Waals surface area contributed by atoms with Crippen molar-refractivity contribution in [3.63, 3.8) is 0 Å². The Morgan fingerprint density at radius 2 is 1.58 bits per heavy atom. The summed E-state index contributed by atoms with van der Waals surface area (Å²) in [5.74, 6) is -1.40. The first-order chi connectivity index (χ1) is 16.0. The van der Waals surface area contributed by atoms with E-state index in [4.69, 9.17) is 4.74 Å². The molecule has 0 aliphatic carbocycles. The number of amides is 4. The Morgan fingerprint density at radius 3 is 2.27 bits per heavy atom. The summed E-state index contributed by atoms with van der Waals surface area (Å²) in [7, 11) is 0. The molecule has 0 radical (unpaired) electrons. The van der Waals surface area contributed by atoms with Gasteiger partial charge in [0.05, 0.1) is 5.69 Å². The second-order valence-electron chi connectivity index (χ2n) is 7.43. The molecule has 1 aliphatic heterocycles. The Morgan fingerprint density at radius 1 is 0.909 bits per heavy atom. The van der Waals surface area contributed by atoms with Gasteiger partial charge in [0.1, 0.15) is 23.7 Å². The summed E-state index contributed by atoms with van der Waals surface area (Å²) in [4.78, 5) is 39.0. The van der Waals surface area contributed by atoms with Gasteiger partial charge >= 0.3 is 6.03 Å². The van der Waals surface area contributed by atoms with Crippen LogP contribution >= 0.6 is 0 Å². The van der Waals surface area contributed by atoms with E-state index < -0.39 is 17.8 Å². The van der Waals surface area contributed by atoms with Gasteiger partial charge in [-0.25, -0.2) is 14.1 Å². The van der Waals surface area contributed by atoms with Crippen molar-refractivity contribution in [1.82, 2.24) is 5.32 Å². The lowest BCUT2D eigenvalue weighted by molar-refractivity contribution is -0.122. The van der Waals surface area contributed by atoms with Gasteiger partial charge in [-0.05, 0) is 54.0 Å². The van der Waals surface area contributed by atoms with Crippen LogP contribution in [0.15, 0.2) is 78.4 Å². The van der Waals surface area contributed by atoms with Crippen LogP contribution in [0.4, 0.5) is 14.9 Å². The predicted molar refractivity (Wildman–Crippen MR) is 122 cm³/mol. The van der Waals surface area contributed by atoms with Crippen LogP contribution in [0.5, 0.6) is 5.75 Å². The van der Waals surface area contributed by atoms with E-state index >= 15 is 0 Å². The van der Waals surface area contributed by atoms with Crippen molar-refractivity contribution < 1.29 is 23.5 Å². The largest absolute Gasteiger partial charge is 0.488 e. The monoisotopic (exact) mass is 444 g/mol. The SMILES string of the molecule is CCc1ccc(N2C(=O)NC(=O)/C(=C/c3ccccc3OCc3ccc(F)cc3)C2=O)cc1. The van der Waals surface area contributed by atoms with Crippen molar-refractivity contribution in [3.05, 3.63) is 101 Å². The van der Waals surface area contributed by atoms with Crippen molar-refractivity contribution in [2.75, 3.05) is 4.90 Å². The predicted octanol–water partition coefficient (Wildman–Crippen LogP) is 4.63. The first-order valence-electron chi connectivity index (χ1n) is 10.4. The van der Waals surface area contributed by atoms with E-state index in [1.165, 1.54) is 18.2 Å². The molecule has 0 saturated carbocycles. The number of carbonyl (C=O) groups excluding carboxylic acids is 3. The molecule has 1 saturated heterocycles.